The number of anilines is 3. The molecule has 12 N–H and O–H groups in total. The smallest absolute Gasteiger partial charge is 0.409 e. The Morgan fingerprint density at radius 2 is 1.40 bits per heavy atom. The minimum absolute atomic E-state index is 0.0907. The van der Waals surface area contributed by atoms with Crippen molar-refractivity contribution in [3.05, 3.63) is 121 Å². The van der Waals surface area contributed by atoms with Gasteiger partial charge in [0.2, 0.25) is 23.6 Å². The number of halogens is 1. The van der Waals surface area contributed by atoms with E-state index < -0.39 is 48.0 Å². The van der Waals surface area contributed by atoms with E-state index in [1.807, 2.05) is 31.3 Å². The number of likely N-dealkylation sites (N-methyl/N-ethyl adjacent to an activating group) is 1. The number of nitrogens with zero attached hydrogens (tertiary/aromatic N) is 4. The van der Waals surface area contributed by atoms with Crippen molar-refractivity contribution in [1.29, 1.82) is 0 Å². The number of alkyl halides is 1. The van der Waals surface area contributed by atoms with Crippen molar-refractivity contribution >= 4 is 104 Å². The first-order chi connectivity index (χ1) is 40.4. The van der Waals surface area contributed by atoms with Gasteiger partial charge in [0.25, 0.3) is 11.8 Å². The molecule has 1 saturated heterocycles. The van der Waals surface area contributed by atoms with E-state index in [0.29, 0.717) is 84.0 Å². The summed E-state index contributed by atoms with van der Waals surface area (Å²) in [6.07, 6.45) is 4.23. The summed E-state index contributed by atoms with van der Waals surface area (Å²) in [4.78, 5) is 127. The van der Waals surface area contributed by atoms with Crippen molar-refractivity contribution in [2.24, 2.45) is 11.5 Å². The third kappa shape index (κ3) is 18.0. The second-order valence-electron chi connectivity index (χ2n) is 20.1. The summed E-state index contributed by atoms with van der Waals surface area (Å²) in [6, 6.07) is 19.1. The van der Waals surface area contributed by atoms with Gasteiger partial charge in [-0.2, -0.15) is 0 Å². The van der Waals surface area contributed by atoms with Gasteiger partial charge in [-0.15, -0.1) is 11.6 Å². The van der Waals surface area contributed by atoms with Gasteiger partial charge in [-0.05, 0) is 118 Å². The number of allylic oxidation sites excluding steroid dienone is 1. The number of aromatic amines is 1. The highest BCUT2D eigenvalue weighted by atomic mass is 35.5. The van der Waals surface area contributed by atoms with Gasteiger partial charge in [-0.25, -0.2) is 14.4 Å². The quantitative estimate of drug-likeness (QED) is 0.0196. The number of carbonyl (C=O) groups is 9. The molecule has 2 aliphatic rings. The average Bonchev–Trinajstić information content (AvgIpc) is 4.19. The Kier molecular flexibility index (Phi) is 24.0. The molecule has 0 spiro atoms. The average molecular weight is 1180 g/mol. The first kappa shape index (κ1) is 64.2. The normalized spacial score (nSPS) is 13.5. The molecule has 5 aromatic rings. The number of nitrogens with one attached hydrogen (secondary N) is 8. The number of hydrogen-bond donors (Lipinski definition) is 10. The summed E-state index contributed by atoms with van der Waals surface area (Å²) in [7, 11) is 2.01. The first-order valence-electron chi connectivity index (χ1n) is 27.6. The molecule has 7 rings (SSSR count). The Bertz CT molecular complexity index is 3220. The number of carbonyl (C=O) groups excluding carboxylic acids is 9. The van der Waals surface area contributed by atoms with Gasteiger partial charge < -0.3 is 78.0 Å². The van der Waals surface area contributed by atoms with Gasteiger partial charge in [0, 0.05) is 123 Å². The molecule has 2 aliphatic heterocycles. The lowest BCUT2D eigenvalue weighted by Crippen LogP contribution is -2.52. The van der Waals surface area contributed by atoms with Crippen LogP contribution in [0.4, 0.5) is 31.4 Å². The van der Waals surface area contributed by atoms with Gasteiger partial charge in [0.05, 0.1) is 11.7 Å². The molecule has 1 fully saturated rings. The molecule has 0 radical (unpaired) electrons. The maximum atomic E-state index is 14.3. The zero-order valence-corrected chi connectivity index (χ0v) is 48.3. The molecule has 3 heterocycles. The van der Waals surface area contributed by atoms with Crippen molar-refractivity contribution < 1.29 is 47.9 Å². The van der Waals surface area contributed by atoms with E-state index >= 15 is 0 Å². The molecule has 25 heteroatoms. The minimum atomic E-state index is -1.10. The molecule has 1 aromatic heterocycles. The number of nitrogens with two attached hydrogens (primary N) is 2. The Hall–Kier alpha value is -9.00. The summed E-state index contributed by atoms with van der Waals surface area (Å²) in [5, 5.41) is 21.7. The molecule has 24 nitrogen and oxygen atoms in total. The number of primary amides is 2. The second kappa shape index (κ2) is 31.4. The topological polar surface area (TPSA) is 328 Å². The van der Waals surface area contributed by atoms with Crippen LogP contribution in [0.1, 0.15) is 71.9 Å². The Morgan fingerprint density at radius 3 is 2.06 bits per heavy atom. The van der Waals surface area contributed by atoms with Gasteiger partial charge >= 0.3 is 18.2 Å². The summed E-state index contributed by atoms with van der Waals surface area (Å²) >= 11 is 4.64. The number of benzene rings is 4. The summed E-state index contributed by atoms with van der Waals surface area (Å²) < 4.78 is 6.02. The number of hydrogen-bond acceptors (Lipinski definition) is 12. The van der Waals surface area contributed by atoms with Crippen molar-refractivity contribution in [2.75, 3.05) is 94.4 Å². The van der Waals surface area contributed by atoms with Gasteiger partial charge in [-0.3, -0.25) is 28.8 Å². The maximum absolute atomic E-state index is 14.3. The largest absolute Gasteiger partial charge is 0.415 e. The van der Waals surface area contributed by atoms with Crippen LogP contribution in [-0.4, -0.2) is 164 Å². The third-order valence-electron chi connectivity index (χ3n) is 14.1. The highest BCUT2D eigenvalue weighted by Gasteiger charge is 2.31. The van der Waals surface area contributed by atoms with Crippen molar-refractivity contribution in [2.45, 2.75) is 64.0 Å². The van der Waals surface area contributed by atoms with Crippen LogP contribution in [-0.2, 0) is 25.6 Å². The fourth-order valence-electron chi connectivity index (χ4n) is 9.72. The van der Waals surface area contributed by atoms with Crippen LogP contribution < -0.4 is 58.3 Å². The van der Waals surface area contributed by atoms with E-state index in [9.17, 15) is 43.2 Å². The maximum Gasteiger partial charge on any atom is 0.415 e. The predicted molar refractivity (Wildman–Crippen MR) is 324 cm³/mol. The molecule has 0 unspecified atom stereocenters. The number of fused-ring (bicyclic) bond motifs is 4. The number of H-pyrrole nitrogens is 1. The summed E-state index contributed by atoms with van der Waals surface area (Å²) in [6.45, 7) is 12.9. The lowest BCUT2D eigenvalue weighted by molar-refractivity contribution is -0.128. The lowest BCUT2D eigenvalue weighted by atomic mass is 10.0. The molecule has 0 bridgehead atoms. The van der Waals surface area contributed by atoms with Gasteiger partial charge in [-0.1, -0.05) is 37.4 Å². The second-order valence-corrected chi connectivity index (χ2v) is 20.1. The first-order valence-corrected chi connectivity index (χ1v) is 28.4. The zero-order valence-electron chi connectivity index (χ0n) is 47.6. The van der Waals surface area contributed by atoms with Crippen LogP contribution in [0.15, 0.2) is 104 Å². The molecule has 84 heavy (non-hydrogen) atoms. The van der Waals surface area contributed by atoms with Crippen molar-refractivity contribution in [1.82, 2.24) is 46.3 Å². The van der Waals surface area contributed by atoms with Crippen LogP contribution in [0.25, 0.3) is 21.7 Å². The fourth-order valence-corrected chi connectivity index (χ4v) is 9.72. The van der Waals surface area contributed by atoms with Crippen LogP contribution in [0.5, 0.6) is 5.75 Å². The zero-order chi connectivity index (χ0) is 60.9. The SMILES string of the molecule is C=CC(=O)N(CCCC(=O)NCCN[C@@H](CCCNC(N)=O)C(=O)N[C@@H](CCCNC(N)=O)C(=O)Nc1ccc(C(=O)Nc2ccc3[nH]c(C(=O)N4CCc5c4cc(OC(=O)N4CCN(C)CC4)c4ccccc54)cc3c2)cc1)C(=C)C.CCl. The number of amides is 11. The summed E-state index contributed by atoms with van der Waals surface area (Å²) in [5.41, 5.74) is 14.7. The van der Waals surface area contributed by atoms with E-state index in [2.05, 4.69) is 71.9 Å². The molecular weight excluding hydrogens is 1100 g/mol. The third-order valence-corrected chi connectivity index (χ3v) is 14.1. The fraction of sp³-hybridized carbons (Fsp3) is 0.373. The summed E-state index contributed by atoms with van der Waals surface area (Å²) in [5.74, 6) is -2.05. The lowest BCUT2D eigenvalue weighted by Gasteiger charge is -2.31. The molecular formula is C59H75ClN14O10. The van der Waals surface area contributed by atoms with E-state index in [0.717, 1.165) is 29.4 Å². The number of piperazine rings is 1. The Balaban J connectivity index is 0.00000560. The van der Waals surface area contributed by atoms with Crippen LogP contribution in [0, 0.1) is 0 Å². The highest BCUT2D eigenvalue weighted by molar-refractivity contribution is 6.15. The Morgan fingerprint density at radius 1 is 0.750 bits per heavy atom. The van der Waals surface area contributed by atoms with E-state index in [4.69, 9.17) is 16.2 Å². The Labute approximate surface area is 492 Å². The number of ether oxygens (including phenoxy) is 1. The molecule has 11 amide bonds. The number of urea groups is 2. The van der Waals surface area contributed by atoms with Gasteiger partial charge in [0.1, 0.15) is 17.5 Å². The van der Waals surface area contributed by atoms with Crippen molar-refractivity contribution in [3.8, 4) is 5.75 Å². The molecule has 4 aromatic carbocycles. The van der Waals surface area contributed by atoms with E-state index in [-0.39, 0.29) is 81.7 Å². The molecule has 0 aliphatic carbocycles. The van der Waals surface area contributed by atoms with Crippen LogP contribution >= 0.6 is 11.6 Å². The number of rotatable bonds is 26. The van der Waals surface area contributed by atoms with Crippen molar-refractivity contribution in [3.63, 3.8) is 0 Å². The predicted octanol–water partition coefficient (Wildman–Crippen LogP) is 5.10. The van der Waals surface area contributed by atoms with E-state index in [1.54, 1.807) is 47.1 Å². The standard InChI is InChI=1S/C58H72N14O10.CH3Cl/c1-5-51(74)71(36(2)3)27-10-15-50(73)62-26-25-61-45(13-8-23-63-56(59)79)53(76)68-46(14-9-24-64-57(60)80)54(77)65-39-18-16-37(17-19-39)52(75)66-40-20-21-44-38(33-40)34-47(67-44)55(78)72-28-22-42-41-11-6-7-12-43(41)49(35-48(42)72)82-58(81)70-31-29-69(4)30-32-70;1-2/h5-7,11-12,16-21,33-35,45-46,61,67H,1-2,8-10,13-15,22-32H2,3-4H3,(H,62,73)(H,65,77)(H,66,75)(H,68,76)(H3,59,63,79)(H3,60,64,80);1H3/t45-,46-;/m0./s1. The van der Waals surface area contributed by atoms with Gasteiger partial charge in [0.15, 0.2) is 0 Å². The van der Waals surface area contributed by atoms with Crippen LogP contribution in [0.2, 0.25) is 0 Å². The number of aromatic nitrogens is 1. The monoisotopic (exact) mass is 1170 g/mol. The molecule has 2 atom stereocenters. The minimum Gasteiger partial charge on any atom is -0.409 e. The molecule has 0 saturated carbocycles. The molecule has 448 valence electrons. The van der Waals surface area contributed by atoms with E-state index in [1.165, 1.54) is 41.6 Å². The highest BCUT2D eigenvalue weighted by Crippen LogP contribution is 2.41. The van der Waals surface area contributed by atoms with Crippen LogP contribution in [0.3, 0.4) is 0 Å².